The molecule has 1 atom stereocenters. The third-order valence-corrected chi connectivity index (χ3v) is 3.48. The number of aryl methyl sites for hydroxylation is 1. The molecule has 0 unspecified atom stereocenters. The van der Waals surface area contributed by atoms with Gasteiger partial charge >= 0.3 is 0 Å². The Labute approximate surface area is 116 Å². The van der Waals surface area contributed by atoms with E-state index in [0.717, 1.165) is 11.7 Å². The molecule has 0 amide bonds. The first-order valence-electron chi connectivity index (χ1n) is 6.39. The van der Waals surface area contributed by atoms with E-state index in [1.54, 1.807) is 0 Å². The third kappa shape index (κ3) is 5.05. The highest BCUT2D eigenvalue weighted by Crippen LogP contribution is 2.18. The first-order chi connectivity index (χ1) is 8.29. The Kier molecular flexibility index (Phi) is 5.15. The number of thiocarbonyl (C=S) groups is 1. The maximum absolute atomic E-state index is 5.30. The van der Waals surface area contributed by atoms with Crippen molar-refractivity contribution < 1.29 is 0 Å². The Morgan fingerprint density at radius 3 is 2.28 bits per heavy atom. The average Bonchev–Trinajstić information content (AvgIpc) is 2.27. The molecular weight excluding hydrogens is 240 g/mol. The molecular formula is C15H24N2S. The number of rotatable bonds is 3. The summed E-state index contributed by atoms with van der Waals surface area (Å²) in [6.45, 7) is 11.6. The van der Waals surface area contributed by atoms with Crippen LogP contribution in [0.4, 0.5) is 0 Å². The predicted octanol–water partition coefficient (Wildman–Crippen LogP) is 3.39. The Balaban J connectivity index is 2.40. The molecule has 1 rings (SSSR count). The van der Waals surface area contributed by atoms with E-state index in [0.29, 0.717) is 6.04 Å². The molecule has 0 saturated carbocycles. The SMILES string of the molecule is Cc1ccc(CNC(=S)N[C@@H](C)C(C)(C)C)cc1. The van der Waals surface area contributed by atoms with Crippen molar-refractivity contribution in [3.8, 4) is 0 Å². The van der Waals surface area contributed by atoms with Gasteiger partial charge < -0.3 is 10.6 Å². The Hall–Kier alpha value is -1.09. The molecule has 0 aliphatic carbocycles. The van der Waals surface area contributed by atoms with E-state index in [1.165, 1.54) is 11.1 Å². The summed E-state index contributed by atoms with van der Waals surface area (Å²) in [5, 5.41) is 7.28. The molecule has 0 spiro atoms. The maximum atomic E-state index is 5.30. The fourth-order valence-corrected chi connectivity index (χ4v) is 1.60. The highest BCUT2D eigenvalue weighted by molar-refractivity contribution is 7.80. The molecule has 1 aromatic carbocycles. The van der Waals surface area contributed by atoms with Gasteiger partial charge in [0.25, 0.3) is 0 Å². The van der Waals surface area contributed by atoms with Crippen molar-refractivity contribution in [1.82, 2.24) is 10.6 Å². The molecule has 18 heavy (non-hydrogen) atoms. The van der Waals surface area contributed by atoms with E-state index in [9.17, 15) is 0 Å². The van der Waals surface area contributed by atoms with E-state index in [-0.39, 0.29) is 5.41 Å². The lowest BCUT2D eigenvalue weighted by atomic mass is 9.88. The van der Waals surface area contributed by atoms with Crippen LogP contribution in [-0.2, 0) is 6.54 Å². The van der Waals surface area contributed by atoms with E-state index in [4.69, 9.17) is 12.2 Å². The highest BCUT2D eigenvalue weighted by Gasteiger charge is 2.20. The average molecular weight is 264 g/mol. The van der Waals surface area contributed by atoms with Crippen LogP contribution in [-0.4, -0.2) is 11.2 Å². The highest BCUT2D eigenvalue weighted by atomic mass is 32.1. The van der Waals surface area contributed by atoms with Crippen molar-refractivity contribution in [3.05, 3.63) is 35.4 Å². The standard InChI is InChI=1S/C15H24N2S/c1-11-6-8-13(9-7-11)10-16-14(18)17-12(2)15(3,4)5/h6-9,12H,10H2,1-5H3,(H2,16,17,18)/t12-/m0/s1. The van der Waals surface area contributed by atoms with E-state index < -0.39 is 0 Å². The van der Waals surface area contributed by atoms with Crippen LogP contribution < -0.4 is 10.6 Å². The van der Waals surface area contributed by atoms with Crippen LogP contribution in [0.1, 0.15) is 38.8 Å². The first kappa shape index (κ1) is 15.0. The molecule has 0 aromatic heterocycles. The lowest BCUT2D eigenvalue weighted by Gasteiger charge is -2.29. The molecule has 0 fully saturated rings. The molecule has 0 aliphatic rings. The number of benzene rings is 1. The lowest BCUT2D eigenvalue weighted by molar-refractivity contribution is 0.315. The van der Waals surface area contributed by atoms with E-state index in [1.807, 2.05) is 0 Å². The molecule has 0 radical (unpaired) electrons. The van der Waals surface area contributed by atoms with Gasteiger partial charge in [0.05, 0.1) is 0 Å². The normalized spacial score (nSPS) is 12.9. The molecule has 1 aromatic rings. The molecule has 0 saturated heterocycles. The smallest absolute Gasteiger partial charge is 0.166 e. The second-order valence-electron chi connectivity index (χ2n) is 5.90. The second kappa shape index (κ2) is 6.19. The largest absolute Gasteiger partial charge is 0.360 e. The van der Waals surface area contributed by atoms with Crippen LogP contribution in [0.15, 0.2) is 24.3 Å². The van der Waals surface area contributed by atoms with Crippen molar-refractivity contribution >= 4 is 17.3 Å². The Morgan fingerprint density at radius 1 is 1.22 bits per heavy atom. The molecule has 0 bridgehead atoms. The summed E-state index contributed by atoms with van der Waals surface area (Å²) in [6, 6.07) is 8.82. The fourth-order valence-electron chi connectivity index (χ4n) is 1.35. The summed E-state index contributed by atoms with van der Waals surface area (Å²) in [5.74, 6) is 0. The number of hydrogen-bond donors (Lipinski definition) is 2. The second-order valence-corrected chi connectivity index (χ2v) is 6.31. The summed E-state index contributed by atoms with van der Waals surface area (Å²) in [4.78, 5) is 0. The van der Waals surface area contributed by atoms with Gasteiger partial charge in [-0.1, -0.05) is 50.6 Å². The molecule has 3 heteroatoms. The van der Waals surface area contributed by atoms with Crippen LogP contribution in [0.5, 0.6) is 0 Å². The molecule has 2 N–H and O–H groups in total. The van der Waals surface area contributed by atoms with Gasteiger partial charge in [-0.2, -0.15) is 0 Å². The summed E-state index contributed by atoms with van der Waals surface area (Å²) in [6.07, 6.45) is 0. The Morgan fingerprint density at radius 2 is 1.78 bits per heavy atom. The van der Waals surface area contributed by atoms with Gasteiger partial charge in [0, 0.05) is 12.6 Å². The van der Waals surface area contributed by atoms with Crippen molar-refractivity contribution in [1.29, 1.82) is 0 Å². The zero-order valence-electron chi connectivity index (χ0n) is 12.0. The summed E-state index contributed by atoms with van der Waals surface area (Å²) >= 11 is 5.30. The van der Waals surface area contributed by atoms with Gasteiger partial charge in [-0.05, 0) is 37.0 Å². The van der Waals surface area contributed by atoms with Gasteiger partial charge in [0.15, 0.2) is 5.11 Å². The molecule has 0 aliphatic heterocycles. The lowest BCUT2D eigenvalue weighted by Crippen LogP contribution is -2.45. The minimum atomic E-state index is 0.204. The summed E-state index contributed by atoms with van der Waals surface area (Å²) < 4.78 is 0. The van der Waals surface area contributed by atoms with E-state index in [2.05, 4.69) is 69.5 Å². The van der Waals surface area contributed by atoms with Gasteiger partial charge in [0.2, 0.25) is 0 Å². The summed E-state index contributed by atoms with van der Waals surface area (Å²) in [5.41, 5.74) is 2.73. The predicted molar refractivity (Wildman–Crippen MR) is 82.7 cm³/mol. The quantitative estimate of drug-likeness (QED) is 0.818. The first-order valence-corrected chi connectivity index (χ1v) is 6.80. The molecule has 0 heterocycles. The topological polar surface area (TPSA) is 24.1 Å². The van der Waals surface area contributed by atoms with Crippen LogP contribution in [0.3, 0.4) is 0 Å². The monoisotopic (exact) mass is 264 g/mol. The maximum Gasteiger partial charge on any atom is 0.166 e. The minimum Gasteiger partial charge on any atom is -0.360 e. The van der Waals surface area contributed by atoms with Crippen molar-refractivity contribution in [2.24, 2.45) is 5.41 Å². The van der Waals surface area contributed by atoms with Gasteiger partial charge in [-0.15, -0.1) is 0 Å². The zero-order valence-corrected chi connectivity index (χ0v) is 12.8. The zero-order chi connectivity index (χ0) is 13.8. The van der Waals surface area contributed by atoms with Crippen LogP contribution >= 0.6 is 12.2 Å². The van der Waals surface area contributed by atoms with Crippen molar-refractivity contribution in [2.45, 2.75) is 47.2 Å². The van der Waals surface area contributed by atoms with Crippen LogP contribution in [0, 0.1) is 12.3 Å². The number of hydrogen-bond acceptors (Lipinski definition) is 1. The molecule has 2 nitrogen and oxygen atoms in total. The van der Waals surface area contributed by atoms with Gasteiger partial charge in [-0.3, -0.25) is 0 Å². The van der Waals surface area contributed by atoms with Gasteiger partial charge in [0.1, 0.15) is 0 Å². The Bertz CT molecular complexity index is 390. The van der Waals surface area contributed by atoms with Crippen molar-refractivity contribution in [3.63, 3.8) is 0 Å². The van der Waals surface area contributed by atoms with Gasteiger partial charge in [-0.25, -0.2) is 0 Å². The summed E-state index contributed by atoms with van der Waals surface area (Å²) in [7, 11) is 0. The van der Waals surface area contributed by atoms with Crippen LogP contribution in [0.2, 0.25) is 0 Å². The third-order valence-electron chi connectivity index (χ3n) is 3.22. The minimum absolute atomic E-state index is 0.204. The fraction of sp³-hybridized carbons (Fsp3) is 0.533. The van der Waals surface area contributed by atoms with E-state index >= 15 is 0 Å². The van der Waals surface area contributed by atoms with Crippen molar-refractivity contribution in [2.75, 3.05) is 0 Å². The van der Waals surface area contributed by atoms with Crippen LogP contribution in [0.25, 0.3) is 0 Å². The number of nitrogens with one attached hydrogen (secondary N) is 2. The molecule has 100 valence electrons.